The minimum atomic E-state index is 0. The number of halogens is 1. The van der Waals surface area contributed by atoms with Gasteiger partial charge in [-0.2, -0.15) is 0 Å². The molecule has 1 N–H and O–H groups in total. The van der Waals surface area contributed by atoms with Crippen molar-refractivity contribution in [1.29, 1.82) is 0 Å². The van der Waals surface area contributed by atoms with Gasteiger partial charge in [-0.15, -0.1) is 12.4 Å². The van der Waals surface area contributed by atoms with E-state index in [9.17, 15) is 0 Å². The molecule has 2 heteroatoms. The number of rotatable bonds is 0. The molecule has 0 bridgehead atoms. The average molecular weight is 176 g/mol. The second-order valence-electron chi connectivity index (χ2n) is 3.99. The fourth-order valence-electron chi connectivity index (χ4n) is 2.30. The van der Waals surface area contributed by atoms with Crippen LogP contribution in [0.2, 0.25) is 0 Å². The maximum absolute atomic E-state index is 3.54. The van der Waals surface area contributed by atoms with Crippen LogP contribution in [0.15, 0.2) is 0 Å². The Bertz CT molecular complexity index is 111. The highest BCUT2D eigenvalue weighted by Gasteiger charge is 2.36. The minimum absolute atomic E-state index is 0. The lowest BCUT2D eigenvalue weighted by molar-refractivity contribution is 0.125. The van der Waals surface area contributed by atoms with E-state index >= 15 is 0 Å². The van der Waals surface area contributed by atoms with E-state index < -0.39 is 0 Å². The molecule has 1 nitrogen and oxygen atoms in total. The van der Waals surface area contributed by atoms with Gasteiger partial charge in [-0.1, -0.05) is 12.8 Å². The predicted octanol–water partition coefficient (Wildman–Crippen LogP) is 2.35. The van der Waals surface area contributed by atoms with E-state index in [0.29, 0.717) is 0 Å². The van der Waals surface area contributed by atoms with Gasteiger partial charge in [-0.05, 0) is 37.6 Å². The van der Waals surface area contributed by atoms with Gasteiger partial charge in [0.25, 0.3) is 0 Å². The van der Waals surface area contributed by atoms with Crippen molar-refractivity contribution in [2.24, 2.45) is 5.41 Å². The summed E-state index contributed by atoms with van der Waals surface area (Å²) in [6.07, 6.45) is 8.86. The summed E-state index contributed by atoms with van der Waals surface area (Å²) in [5.74, 6) is 0. The van der Waals surface area contributed by atoms with E-state index in [0.717, 1.165) is 5.41 Å². The zero-order valence-electron chi connectivity index (χ0n) is 7.07. The Hall–Kier alpha value is 0.250. The fourth-order valence-corrected chi connectivity index (χ4v) is 2.30. The van der Waals surface area contributed by atoms with Crippen LogP contribution in [0.5, 0.6) is 0 Å². The van der Waals surface area contributed by atoms with Crippen LogP contribution in [0.25, 0.3) is 0 Å². The molecule has 0 aromatic carbocycles. The molecule has 2 aliphatic rings. The molecule has 66 valence electrons. The summed E-state index contributed by atoms with van der Waals surface area (Å²) < 4.78 is 0. The normalized spacial score (nSPS) is 28.4. The van der Waals surface area contributed by atoms with Crippen molar-refractivity contribution >= 4 is 12.4 Å². The lowest BCUT2D eigenvalue weighted by atomic mass is 9.66. The highest BCUT2D eigenvalue weighted by molar-refractivity contribution is 5.85. The summed E-state index contributed by atoms with van der Waals surface area (Å²) in [6.45, 7) is 2.58. The van der Waals surface area contributed by atoms with E-state index in [4.69, 9.17) is 0 Å². The Labute approximate surface area is 75.4 Å². The number of nitrogens with one attached hydrogen (secondary N) is 1. The van der Waals surface area contributed by atoms with Gasteiger partial charge in [0, 0.05) is 6.54 Å². The van der Waals surface area contributed by atoms with Crippen LogP contribution >= 0.6 is 12.4 Å². The van der Waals surface area contributed by atoms with Crippen molar-refractivity contribution < 1.29 is 0 Å². The lowest BCUT2D eigenvalue weighted by Crippen LogP contribution is -2.38. The van der Waals surface area contributed by atoms with E-state index in [1.165, 1.54) is 51.6 Å². The van der Waals surface area contributed by atoms with E-state index in [-0.39, 0.29) is 12.4 Å². The van der Waals surface area contributed by atoms with Crippen molar-refractivity contribution in [3.05, 3.63) is 0 Å². The van der Waals surface area contributed by atoms with Crippen LogP contribution in [0.1, 0.15) is 38.5 Å². The highest BCUT2D eigenvalue weighted by Crippen LogP contribution is 2.45. The molecule has 0 radical (unpaired) electrons. The first-order chi connectivity index (χ1) is 4.91. The largest absolute Gasteiger partial charge is 0.316 e. The molecule has 2 fully saturated rings. The third-order valence-corrected chi connectivity index (χ3v) is 3.22. The third kappa shape index (κ3) is 1.88. The van der Waals surface area contributed by atoms with Gasteiger partial charge in [-0.3, -0.25) is 0 Å². The zero-order valence-corrected chi connectivity index (χ0v) is 7.88. The molecule has 1 saturated heterocycles. The maximum Gasteiger partial charge on any atom is 0.000780 e. The smallest absolute Gasteiger partial charge is 0.000780 e. The van der Waals surface area contributed by atoms with Crippen LogP contribution in [0.3, 0.4) is 0 Å². The molecule has 1 saturated carbocycles. The quantitative estimate of drug-likeness (QED) is 0.596. The second-order valence-corrected chi connectivity index (χ2v) is 3.99. The maximum atomic E-state index is 3.54. The van der Waals surface area contributed by atoms with Gasteiger partial charge < -0.3 is 5.32 Å². The summed E-state index contributed by atoms with van der Waals surface area (Å²) >= 11 is 0. The second kappa shape index (κ2) is 3.77. The SMILES string of the molecule is C1CCC2(CCC2)CNC1.Cl. The number of hydrogen-bond acceptors (Lipinski definition) is 1. The molecule has 1 heterocycles. The molecule has 1 aliphatic heterocycles. The van der Waals surface area contributed by atoms with Gasteiger partial charge in [0.2, 0.25) is 0 Å². The molecule has 11 heavy (non-hydrogen) atoms. The molecule has 0 aromatic rings. The molecule has 0 atom stereocenters. The van der Waals surface area contributed by atoms with E-state index in [1.54, 1.807) is 0 Å². The lowest BCUT2D eigenvalue weighted by Gasteiger charge is -2.41. The standard InChI is InChI=1S/C9H17N.ClH/c1-2-7-10-8-9(4-1)5-3-6-9;/h10H,1-8H2;1H. The van der Waals surface area contributed by atoms with Gasteiger partial charge in [0.05, 0.1) is 0 Å². The topological polar surface area (TPSA) is 12.0 Å². The fraction of sp³-hybridized carbons (Fsp3) is 1.00. The van der Waals surface area contributed by atoms with Crippen LogP contribution in [-0.2, 0) is 0 Å². The molecule has 1 spiro atoms. The molecule has 0 aromatic heterocycles. The van der Waals surface area contributed by atoms with E-state index in [1.807, 2.05) is 0 Å². The molecule has 2 rings (SSSR count). The first-order valence-corrected chi connectivity index (χ1v) is 4.62. The molecular weight excluding hydrogens is 158 g/mol. The van der Waals surface area contributed by atoms with Crippen LogP contribution < -0.4 is 5.32 Å². The molecule has 0 amide bonds. The van der Waals surface area contributed by atoms with Crippen molar-refractivity contribution in [1.82, 2.24) is 5.32 Å². The Morgan fingerprint density at radius 3 is 2.27 bits per heavy atom. The Morgan fingerprint density at radius 2 is 1.64 bits per heavy atom. The van der Waals surface area contributed by atoms with Crippen molar-refractivity contribution in [2.75, 3.05) is 13.1 Å². The Kier molecular flexibility index (Phi) is 3.20. The summed E-state index contributed by atoms with van der Waals surface area (Å²) in [6, 6.07) is 0. The molecule has 0 unspecified atom stereocenters. The third-order valence-electron chi connectivity index (χ3n) is 3.22. The summed E-state index contributed by atoms with van der Waals surface area (Å²) in [5, 5.41) is 3.54. The molecular formula is C9H18ClN. The van der Waals surface area contributed by atoms with Crippen molar-refractivity contribution in [3.63, 3.8) is 0 Å². The van der Waals surface area contributed by atoms with Crippen LogP contribution in [-0.4, -0.2) is 13.1 Å². The van der Waals surface area contributed by atoms with Crippen molar-refractivity contribution in [3.8, 4) is 0 Å². The van der Waals surface area contributed by atoms with Crippen LogP contribution in [0, 0.1) is 5.41 Å². The van der Waals surface area contributed by atoms with Crippen LogP contribution in [0.4, 0.5) is 0 Å². The van der Waals surface area contributed by atoms with E-state index in [2.05, 4.69) is 5.32 Å². The summed E-state index contributed by atoms with van der Waals surface area (Å²) in [4.78, 5) is 0. The predicted molar refractivity (Wildman–Crippen MR) is 50.3 cm³/mol. The van der Waals surface area contributed by atoms with Gasteiger partial charge in [0.15, 0.2) is 0 Å². The highest BCUT2D eigenvalue weighted by atomic mass is 35.5. The Morgan fingerprint density at radius 1 is 0.909 bits per heavy atom. The van der Waals surface area contributed by atoms with Gasteiger partial charge >= 0.3 is 0 Å². The average Bonchev–Trinajstić information content (AvgIpc) is 2.08. The Balaban J connectivity index is 0.000000605. The molecule has 1 aliphatic carbocycles. The number of hydrogen-bond donors (Lipinski definition) is 1. The van der Waals surface area contributed by atoms with Gasteiger partial charge in [-0.25, -0.2) is 0 Å². The zero-order chi connectivity index (χ0) is 6.86. The summed E-state index contributed by atoms with van der Waals surface area (Å²) in [7, 11) is 0. The monoisotopic (exact) mass is 175 g/mol. The minimum Gasteiger partial charge on any atom is -0.316 e. The van der Waals surface area contributed by atoms with Crippen molar-refractivity contribution in [2.45, 2.75) is 38.5 Å². The summed E-state index contributed by atoms with van der Waals surface area (Å²) in [5.41, 5.74) is 0.774. The first kappa shape index (κ1) is 9.34. The first-order valence-electron chi connectivity index (χ1n) is 4.62. The van der Waals surface area contributed by atoms with Gasteiger partial charge in [0.1, 0.15) is 0 Å².